The number of aromatic nitrogens is 2. The summed E-state index contributed by atoms with van der Waals surface area (Å²) in [6.07, 6.45) is -7.23. The highest BCUT2D eigenvalue weighted by atomic mass is 19.4. The van der Waals surface area contributed by atoms with Crippen LogP contribution in [0.15, 0.2) is 6.07 Å². The van der Waals surface area contributed by atoms with Gasteiger partial charge in [0.25, 0.3) is 0 Å². The lowest BCUT2D eigenvalue weighted by Gasteiger charge is -2.01. The van der Waals surface area contributed by atoms with Crippen LogP contribution in [0.4, 0.5) is 17.6 Å². The van der Waals surface area contributed by atoms with Crippen molar-refractivity contribution in [1.82, 2.24) is 9.78 Å². The fraction of sp³-hybridized carbons (Fsp3) is 0.429. The van der Waals surface area contributed by atoms with Gasteiger partial charge in [-0.1, -0.05) is 0 Å². The van der Waals surface area contributed by atoms with E-state index in [1.54, 1.807) is 0 Å². The van der Waals surface area contributed by atoms with Crippen LogP contribution < -0.4 is 0 Å². The van der Waals surface area contributed by atoms with E-state index in [0.29, 0.717) is 10.7 Å². The Morgan fingerprint density at radius 1 is 1.60 bits per heavy atom. The topological polar surface area (TPSA) is 55.1 Å². The summed E-state index contributed by atoms with van der Waals surface area (Å²) in [4.78, 5) is 10.2. The first kappa shape index (κ1) is 11.5. The van der Waals surface area contributed by atoms with Crippen LogP contribution in [0.1, 0.15) is 17.6 Å². The first-order valence-electron chi connectivity index (χ1n) is 3.71. The van der Waals surface area contributed by atoms with Crippen molar-refractivity contribution in [3.8, 4) is 0 Å². The van der Waals surface area contributed by atoms with Gasteiger partial charge in [0.1, 0.15) is 0 Å². The van der Waals surface area contributed by atoms with Crippen LogP contribution >= 0.6 is 0 Å². The average molecular weight is 226 g/mol. The highest BCUT2D eigenvalue weighted by Gasteiger charge is 2.36. The van der Waals surface area contributed by atoms with E-state index < -0.39 is 29.7 Å². The van der Waals surface area contributed by atoms with Crippen LogP contribution in [0.25, 0.3) is 0 Å². The Kier molecular flexibility index (Phi) is 2.69. The molecule has 1 atom stereocenters. The van der Waals surface area contributed by atoms with Gasteiger partial charge in [-0.05, 0) is 6.07 Å². The maximum Gasteiger partial charge on any atom is 0.435 e. The third-order valence-electron chi connectivity index (χ3n) is 1.68. The molecule has 0 aromatic carbocycles. The van der Waals surface area contributed by atoms with Crippen LogP contribution in [0.5, 0.6) is 0 Å². The quantitative estimate of drug-likeness (QED) is 0.778. The van der Waals surface area contributed by atoms with Crippen molar-refractivity contribution in [2.24, 2.45) is 7.05 Å². The monoisotopic (exact) mass is 226 g/mol. The molecule has 0 amide bonds. The van der Waals surface area contributed by atoms with E-state index >= 15 is 0 Å². The van der Waals surface area contributed by atoms with E-state index in [4.69, 9.17) is 5.11 Å². The van der Waals surface area contributed by atoms with Crippen molar-refractivity contribution in [2.45, 2.75) is 12.3 Å². The van der Waals surface area contributed by atoms with E-state index in [2.05, 4.69) is 5.10 Å². The second kappa shape index (κ2) is 3.52. The Hall–Kier alpha value is -1.60. The smallest absolute Gasteiger partial charge is 0.435 e. The number of aliphatic carboxylic acids is 1. The van der Waals surface area contributed by atoms with Crippen LogP contribution in [-0.2, 0) is 18.0 Å². The molecule has 1 aromatic heterocycles. The molecule has 0 saturated carbocycles. The minimum absolute atomic E-state index is 0.374. The fourth-order valence-corrected chi connectivity index (χ4v) is 0.984. The number of hydrogen-bond acceptors (Lipinski definition) is 2. The third kappa shape index (κ3) is 2.25. The molecule has 0 aliphatic carbocycles. The minimum atomic E-state index is -4.71. The summed E-state index contributed by atoms with van der Waals surface area (Å²) in [5.41, 5.74) is -1.96. The fourth-order valence-electron chi connectivity index (χ4n) is 0.984. The van der Waals surface area contributed by atoms with Crippen molar-refractivity contribution in [3.63, 3.8) is 0 Å². The number of rotatable bonds is 2. The summed E-state index contributed by atoms with van der Waals surface area (Å²) in [6.45, 7) is 0. The van der Waals surface area contributed by atoms with Gasteiger partial charge in [-0.15, -0.1) is 0 Å². The van der Waals surface area contributed by atoms with E-state index in [-0.39, 0.29) is 0 Å². The molecular weight excluding hydrogens is 220 g/mol. The number of halogens is 4. The second-order valence-electron chi connectivity index (χ2n) is 2.78. The van der Waals surface area contributed by atoms with E-state index in [1.807, 2.05) is 0 Å². The van der Waals surface area contributed by atoms with Gasteiger partial charge in [0, 0.05) is 7.05 Å². The number of nitrogens with zero attached hydrogens (tertiary/aromatic N) is 2. The van der Waals surface area contributed by atoms with Gasteiger partial charge in [0.05, 0.1) is 5.69 Å². The molecular formula is C7H6F4N2O2. The number of carboxylic acids is 1. The van der Waals surface area contributed by atoms with Crippen LogP contribution in [0.2, 0.25) is 0 Å². The molecule has 0 fully saturated rings. The number of carboxylic acid groups (broad SMARTS) is 1. The molecule has 1 unspecified atom stereocenters. The van der Waals surface area contributed by atoms with E-state index in [0.717, 1.165) is 7.05 Å². The van der Waals surface area contributed by atoms with Crippen LogP contribution in [0, 0.1) is 0 Å². The van der Waals surface area contributed by atoms with Crippen molar-refractivity contribution in [3.05, 3.63) is 17.5 Å². The largest absolute Gasteiger partial charge is 0.479 e. The maximum absolute atomic E-state index is 12.9. The molecule has 8 heteroatoms. The van der Waals surface area contributed by atoms with Crippen molar-refractivity contribution >= 4 is 5.97 Å². The summed E-state index contributed by atoms with van der Waals surface area (Å²) in [7, 11) is 1.04. The highest BCUT2D eigenvalue weighted by molar-refractivity contribution is 5.73. The normalized spacial score (nSPS) is 13.9. The van der Waals surface area contributed by atoms with Gasteiger partial charge in [-0.25, -0.2) is 9.18 Å². The van der Waals surface area contributed by atoms with Crippen molar-refractivity contribution in [1.29, 1.82) is 0 Å². The molecule has 4 nitrogen and oxygen atoms in total. The molecule has 84 valence electrons. The third-order valence-corrected chi connectivity index (χ3v) is 1.68. The zero-order chi connectivity index (χ0) is 11.8. The molecule has 0 saturated heterocycles. The zero-order valence-corrected chi connectivity index (χ0v) is 7.42. The first-order chi connectivity index (χ1) is 6.73. The Bertz CT molecular complexity index is 385. The molecule has 1 heterocycles. The SMILES string of the molecule is Cn1nc(C(F)(F)F)cc1C(F)C(=O)O. The Balaban J connectivity index is 3.12. The van der Waals surface area contributed by atoms with Crippen molar-refractivity contribution < 1.29 is 27.5 Å². The van der Waals surface area contributed by atoms with Crippen LogP contribution in [-0.4, -0.2) is 20.9 Å². The zero-order valence-electron chi connectivity index (χ0n) is 7.42. The predicted molar refractivity (Wildman–Crippen MR) is 39.7 cm³/mol. The molecule has 1 N–H and O–H groups in total. The standard InChI is InChI=1S/C7H6F4N2O2/c1-13-3(5(8)6(14)15)2-4(12-13)7(9,10)11/h2,5H,1H3,(H,14,15). The molecule has 0 aliphatic rings. The Labute approximate surface area is 81.1 Å². The average Bonchev–Trinajstić information content (AvgIpc) is 2.45. The number of carbonyl (C=O) groups is 1. The van der Waals surface area contributed by atoms with E-state index in [1.165, 1.54) is 0 Å². The summed E-state index contributed by atoms with van der Waals surface area (Å²) in [5, 5.41) is 11.2. The molecule has 0 bridgehead atoms. The molecule has 0 aliphatic heterocycles. The van der Waals surface area contributed by atoms with E-state index in [9.17, 15) is 22.4 Å². The predicted octanol–water partition coefficient (Wildman–Crippen LogP) is 1.53. The van der Waals surface area contributed by atoms with Gasteiger partial charge in [0.2, 0.25) is 6.17 Å². The van der Waals surface area contributed by atoms with Gasteiger partial charge in [0.15, 0.2) is 5.69 Å². The first-order valence-corrected chi connectivity index (χ1v) is 3.71. The lowest BCUT2D eigenvalue weighted by atomic mass is 10.2. The number of alkyl halides is 4. The van der Waals surface area contributed by atoms with Crippen molar-refractivity contribution in [2.75, 3.05) is 0 Å². The Morgan fingerprint density at radius 2 is 2.13 bits per heavy atom. The van der Waals surface area contributed by atoms with Gasteiger partial charge < -0.3 is 5.11 Å². The van der Waals surface area contributed by atoms with Gasteiger partial charge in [-0.2, -0.15) is 18.3 Å². The number of hydrogen-bond donors (Lipinski definition) is 1. The molecule has 0 radical (unpaired) electrons. The Morgan fingerprint density at radius 3 is 2.47 bits per heavy atom. The second-order valence-corrected chi connectivity index (χ2v) is 2.78. The summed E-state index contributed by atoms with van der Waals surface area (Å²) >= 11 is 0. The van der Waals surface area contributed by atoms with Crippen LogP contribution in [0.3, 0.4) is 0 Å². The maximum atomic E-state index is 12.9. The number of aryl methyl sites for hydroxylation is 1. The molecule has 1 rings (SSSR count). The van der Waals surface area contributed by atoms with Gasteiger partial charge >= 0.3 is 12.1 Å². The summed E-state index contributed by atoms with van der Waals surface area (Å²) in [5.74, 6) is -1.85. The lowest BCUT2D eigenvalue weighted by Crippen LogP contribution is -2.10. The summed E-state index contributed by atoms with van der Waals surface area (Å²) < 4.78 is 49.7. The minimum Gasteiger partial charge on any atom is -0.479 e. The lowest BCUT2D eigenvalue weighted by molar-refractivity contribution is -0.143. The van der Waals surface area contributed by atoms with Gasteiger partial charge in [-0.3, -0.25) is 4.68 Å². The summed E-state index contributed by atoms with van der Waals surface area (Å²) in [6, 6.07) is 0.374. The molecule has 1 aromatic rings. The molecule has 0 spiro atoms. The molecule has 15 heavy (non-hydrogen) atoms. The highest BCUT2D eigenvalue weighted by Crippen LogP contribution is 2.30.